The normalized spacial score (nSPS) is 19.9. The zero-order chi connectivity index (χ0) is 17.7. The summed E-state index contributed by atoms with van der Waals surface area (Å²) in [4.78, 5) is 24.5. The van der Waals surface area contributed by atoms with E-state index in [9.17, 15) is 9.59 Å². The molecule has 1 aliphatic heterocycles. The minimum absolute atomic E-state index is 0. The van der Waals surface area contributed by atoms with Crippen LogP contribution in [-0.4, -0.2) is 30.9 Å². The quantitative estimate of drug-likeness (QED) is 0.724. The van der Waals surface area contributed by atoms with E-state index in [4.69, 9.17) is 11.6 Å². The maximum absolute atomic E-state index is 12.6. The van der Waals surface area contributed by atoms with Crippen LogP contribution in [0.15, 0.2) is 18.2 Å². The van der Waals surface area contributed by atoms with Crippen molar-refractivity contribution in [1.82, 2.24) is 10.6 Å². The first-order valence-corrected chi connectivity index (χ1v) is 8.85. The van der Waals surface area contributed by atoms with Crippen LogP contribution in [0.1, 0.15) is 44.0 Å². The molecule has 0 radical (unpaired) electrons. The van der Waals surface area contributed by atoms with Crippen LogP contribution in [0, 0.1) is 11.8 Å². The van der Waals surface area contributed by atoms with Crippen molar-refractivity contribution in [3.05, 3.63) is 28.8 Å². The summed E-state index contributed by atoms with van der Waals surface area (Å²) in [6.07, 6.45) is 1.47. The van der Waals surface area contributed by atoms with Gasteiger partial charge < -0.3 is 16.0 Å². The van der Waals surface area contributed by atoms with E-state index in [0.29, 0.717) is 28.6 Å². The first kappa shape index (κ1) is 21.7. The van der Waals surface area contributed by atoms with Crippen LogP contribution < -0.4 is 16.0 Å². The van der Waals surface area contributed by atoms with Gasteiger partial charge in [0.05, 0.1) is 10.6 Å². The average molecular weight is 388 g/mol. The minimum atomic E-state index is -0.208. The zero-order valence-corrected chi connectivity index (χ0v) is 16.5. The molecule has 0 bridgehead atoms. The smallest absolute Gasteiger partial charge is 0.253 e. The summed E-state index contributed by atoms with van der Waals surface area (Å²) >= 11 is 6.18. The third-order valence-electron chi connectivity index (χ3n) is 4.23. The van der Waals surface area contributed by atoms with E-state index in [1.807, 2.05) is 13.8 Å². The molecule has 1 aliphatic rings. The number of benzene rings is 1. The molecule has 1 aromatic carbocycles. The molecule has 1 fully saturated rings. The predicted molar refractivity (Wildman–Crippen MR) is 105 cm³/mol. The summed E-state index contributed by atoms with van der Waals surface area (Å²) in [5, 5.41) is 9.53. The molecule has 2 unspecified atom stereocenters. The molecule has 1 aromatic rings. The molecule has 0 aliphatic carbocycles. The van der Waals surface area contributed by atoms with Gasteiger partial charge in [-0.2, -0.15) is 0 Å². The topological polar surface area (TPSA) is 70.2 Å². The predicted octanol–water partition coefficient (Wildman–Crippen LogP) is 3.47. The molecule has 1 saturated heterocycles. The van der Waals surface area contributed by atoms with Gasteiger partial charge in [-0.25, -0.2) is 0 Å². The Bertz CT molecular complexity index is 608. The van der Waals surface area contributed by atoms with E-state index in [-0.39, 0.29) is 36.2 Å². The van der Waals surface area contributed by atoms with Gasteiger partial charge in [-0.1, -0.05) is 32.4 Å². The molecule has 0 saturated carbocycles. The number of piperidine rings is 1. The lowest BCUT2D eigenvalue weighted by Crippen LogP contribution is -2.50. The molecular formula is C18H27Cl2N3O2. The van der Waals surface area contributed by atoms with Crippen molar-refractivity contribution < 1.29 is 9.59 Å². The third kappa shape index (κ3) is 6.49. The summed E-state index contributed by atoms with van der Waals surface area (Å²) in [6.45, 7) is 7.84. The molecule has 2 rings (SSSR count). The molecule has 0 aromatic heterocycles. The maximum atomic E-state index is 12.6. The number of amides is 2. The van der Waals surface area contributed by atoms with Gasteiger partial charge in [0.25, 0.3) is 5.91 Å². The molecule has 7 heteroatoms. The van der Waals surface area contributed by atoms with Crippen molar-refractivity contribution in [1.29, 1.82) is 0 Å². The number of carbonyl (C=O) groups is 2. The fraction of sp³-hybridized carbons (Fsp3) is 0.556. The van der Waals surface area contributed by atoms with Crippen LogP contribution in [0.3, 0.4) is 0 Å². The van der Waals surface area contributed by atoms with Gasteiger partial charge in [0.1, 0.15) is 0 Å². The van der Waals surface area contributed by atoms with Gasteiger partial charge >= 0.3 is 0 Å². The van der Waals surface area contributed by atoms with Gasteiger partial charge in [0.2, 0.25) is 5.91 Å². The van der Waals surface area contributed by atoms with Gasteiger partial charge in [-0.3, -0.25) is 9.59 Å². The SMILES string of the molecule is CC(C)CC(=O)Nc1ccc(Cl)c(C(=O)NC2CNCCC2C)c1.Cl. The Hall–Kier alpha value is -1.30. The lowest BCUT2D eigenvalue weighted by Gasteiger charge is -2.30. The number of rotatable bonds is 5. The molecule has 2 amide bonds. The van der Waals surface area contributed by atoms with Crippen molar-refractivity contribution in [2.45, 2.75) is 39.7 Å². The van der Waals surface area contributed by atoms with Gasteiger partial charge in [0.15, 0.2) is 0 Å². The summed E-state index contributed by atoms with van der Waals surface area (Å²) in [6, 6.07) is 5.07. The second-order valence-corrected chi connectivity index (χ2v) is 7.30. The highest BCUT2D eigenvalue weighted by molar-refractivity contribution is 6.34. The van der Waals surface area contributed by atoms with E-state index in [1.165, 1.54) is 0 Å². The Morgan fingerprint density at radius 3 is 2.72 bits per heavy atom. The molecule has 5 nitrogen and oxygen atoms in total. The van der Waals surface area contributed by atoms with Crippen molar-refractivity contribution in [2.24, 2.45) is 11.8 Å². The van der Waals surface area contributed by atoms with Crippen LogP contribution in [0.25, 0.3) is 0 Å². The summed E-state index contributed by atoms with van der Waals surface area (Å²) < 4.78 is 0. The fourth-order valence-corrected chi connectivity index (χ4v) is 2.99. The van der Waals surface area contributed by atoms with Crippen LogP contribution >= 0.6 is 24.0 Å². The van der Waals surface area contributed by atoms with E-state index in [2.05, 4.69) is 22.9 Å². The Labute approximate surface area is 160 Å². The standard InChI is InChI=1S/C18H26ClN3O2.ClH/c1-11(2)8-17(23)21-13-4-5-15(19)14(9-13)18(24)22-16-10-20-7-6-12(16)3;/h4-5,9,11-12,16,20H,6-8,10H2,1-3H3,(H,21,23)(H,22,24);1H. The minimum Gasteiger partial charge on any atom is -0.348 e. The first-order valence-electron chi connectivity index (χ1n) is 8.47. The van der Waals surface area contributed by atoms with Crippen molar-refractivity contribution in [2.75, 3.05) is 18.4 Å². The monoisotopic (exact) mass is 387 g/mol. The largest absolute Gasteiger partial charge is 0.348 e. The van der Waals surface area contributed by atoms with E-state index < -0.39 is 0 Å². The van der Waals surface area contributed by atoms with Gasteiger partial charge in [-0.05, 0) is 43.0 Å². The molecule has 2 atom stereocenters. The second-order valence-electron chi connectivity index (χ2n) is 6.89. The first-order chi connectivity index (χ1) is 11.4. The summed E-state index contributed by atoms with van der Waals surface area (Å²) in [7, 11) is 0. The van der Waals surface area contributed by atoms with Crippen LogP contribution in [0.4, 0.5) is 5.69 Å². The second kappa shape index (κ2) is 10.00. The zero-order valence-electron chi connectivity index (χ0n) is 14.9. The number of halogens is 2. The Morgan fingerprint density at radius 2 is 2.08 bits per heavy atom. The average Bonchev–Trinajstić information content (AvgIpc) is 2.50. The maximum Gasteiger partial charge on any atom is 0.253 e. The number of carbonyl (C=O) groups excluding carboxylic acids is 2. The van der Waals surface area contributed by atoms with E-state index in [0.717, 1.165) is 19.5 Å². The van der Waals surface area contributed by atoms with E-state index >= 15 is 0 Å². The van der Waals surface area contributed by atoms with Crippen molar-refractivity contribution in [3.8, 4) is 0 Å². The number of nitrogens with one attached hydrogen (secondary N) is 3. The van der Waals surface area contributed by atoms with Crippen LogP contribution in [-0.2, 0) is 4.79 Å². The lowest BCUT2D eigenvalue weighted by atomic mass is 9.94. The van der Waals surface area contributed by atoms with E-state index in [1.54, 1.807) is 18.2 Å². The Kier molecular flexibility index (Phi) is 8.69. The van der Waals surface area contributed by atoms with Crippen molar-refractivity contribution >= 4 is 41.5 Å². The van der Waals surface area contributed by atoms with Gasteiger partial charge in [-0.15, -0.1) is 12.4 Å². The summed E-state index contributed by atoms with van der Waals surface area (Å²) in [5.74, 6) is 0.424. The molecule has 140 valence electrons. The van der Waals surface area contributed by atoms with Gasteiger partial charge in [0, 0.05) is 24.7 Å². The molecule has 3 N–H and O–H groups in total. The summed E-state index contributed by atoms with van der Waals surface area (Å²) in [5.41, 5.74) is 0.974. The molecule has 25 heavy (non-hydrogen) atoms. The molecular weight excluding hydrogens is 361 g/mol. The third-order valence-corrected chi connectivity index (χ3v) is 4.56. The number of anilines is 1. The van der Waals surface area contributed by atoms with Crippen LogP contribution in [0.5, 0.6) is 0 Å². The Morgan fingerprint density at radius 1 is 1.36 bits per heavy atom. The van der Waals surface area contributed by atoms with Crippen molar-refractivity contribution in [3.63, 3.8) is 0 Å². The van der Waals surface area contributed by atoms with Crippen LogP contribution in [0.2, 0.25) is 5.02 Å². The number of hydrogen-bond donors (Lipinski definition) is 3. The Balaban J connectivity index is 0.00000312. The highest BCUT2D eigenvalue weighted by Gasteiger charge is 2.24. The fourth-order valence-electron chi connectivity index (χ4n) is 2.79. The molecule has 1 heterocycles. The highest BCUT2D eigenvalue weighted by atomic mass is 35.5. The molecule has 0 spiro atoms. The number of hydrogen-bond acceptors (Lipinski definition) is 3. The lowest BCUT2D eigenvalue weighted by molar-refractivity contribution is -0.116. The highest BCUT2D eigenvalue weighted by Crippen LogP contribution is 2.22.